The second-order valence-electron chi connectivity index (χ2n) is 6.44. The number of hydrogen-bond donors (Lipinski definition) is 1. The van der Waals surface area contributed by atoms with Gasteiger partial charge in [-0.05, 0) is 42.7 Å². The van der Waals surface area contributed by atoms with E-state index >= 15 is 0 Å². The topological polar surface area (TPSA) is 57.8 Å². The summed E-state index contributed by atoms with van der Waals surface area (Å²) < 4.78 is 41.2. The quantitative estimate of drug-likeness (QED) is 0.786. The SMILES string of the molecule is CCC1CC=C(Nn2c(-c3cccs3)cc(C(F)(F)F)c(C#N)c2=O)CC1. The summed E-state index contributed by atoms with van der Waals surface area (Å²) in [6, 6.07) is 5.64. The maximum absolute atomic E-state index is 13.4. The smallest absolute Gasteiger partial charge is 0.295 e. The predicted molar refractivity (Wildman–Crippen MR) is 98.8 cm³/mol. The van der Waals surface area contributed by atoms with E-state index in [2.05, 4.69) is 12.3 Å². The van der Waals surface area contributed by atoms with E-state index in [1.165, 1.54) is 17.4 Å². The normalized spacial score (nSPS) is 17.3. The number of thiophene rings is 1. The van der Waals surface area contributed by atoms with E-state index in [4.69, 9.17) is 0 Å². The summed E-state index contributed by atoms with van der Waals surface area (Å²) in [7, 11) is 0. The van der Waals surface area contributed by atoms with Crippen LogP contribution in [-0.2, 0) is 6.18 Å². The average Bonchev–Trinajstić information content (AvgIpc) is 3.17. The molecule has 2 heterocycles. The standard InChI is InChI=1S/C19H18F3N3OS/c1-2-12-5-7-13(8-6-12)24-25-16(17-4-3-9-27-17)10-15(19(20,21)22)14(11-23)18(25)26/h3-4,7,9-10,12,24H,2,5-6,8H2,1H3. The number of pyridine rings is 1. The van der Waals surface area contributed by atoms with Gasteiger partial charge in [-0.3, -0.25) is 10.2 Å². The number of allylic oxidation sites excluding steroid dienone is 2. The molecule has 27 heavy (non-hydrogen) atoms. The Labute approximate surface area is 158 Å². The lowest BCUT2D eigenvalue weighted by molar-refractivity contribution is -0.137. The first kappa shape index (κ1) is 19.2. The largest absolute Gasteiger partial charge is 0.417 e. The summed E-state index contributed by atoms with van der Waals surface area (Å²) in [6.45, 7) is 2.12. The number of aromatic nitrogens is 1. The molecule has 4 nitrogen and oxygen atoms in total. The van der Waals surface area contributed by atoms with Crippen LogP contribution < -0.4 is 11.0 Å². The zero-order chi connectivity index (χ0) is 19.6. The number of alkyl halides is 3. The first-order valence-corrected chi connectivity index (χ1v) is 9.50. The fourth-order valence-corrected chi connectivity index (χ4v) is 3.89. The summed E-state index contributed by atoms with van der Waals surface area (Å²) >= 11 is 1.23. The minimum Gasteiger partial charge on any atom is -0.295 e. The zero-order valence-corrected chi connectivity index (χ0v) is 15.5. The lowest BCUT2D eigenvalue weighted by Crippen LogP contribution is -2.34. The van der Waals surface area contributed by atoms with Crippen molar-refractivity contribution in [3.8, 4) is 16.6 Å². The summed E-state index contributed by atoms with van der Waals surface area (Å²) in [4.78, 5) is 13.2. The van der Waals surface area contributed by atoms with Crippen molar-refractivity contribution in [3.05, 3.63) is 56.8 Å². The van der Waals surface area contributed by atoms with E-state index in [0.29, 0.717) is 17.2 Å². The van der Waals surface area contributed by atoms with Crippen LogP contribution in [0.2, 0.25) is 0 Å². The van der Waals surface area contributed by atoms with Gasteiger partial charge in [0, 0.05) is 5.70 Å². The van der Waals surface area contributed by atoms with Crippen molar-refractivity contribution in [2.24, 2.45) is 5.92 Å². The van der Waals surface area contributed by atoms with Crippen LogP contribution in [0.25, 0.3) is 10.6 Å². The molecular weight excluding hydrogens is 375 g/mol. The third-order valence-electron chi connectivity index (χ3n) is 4.75. The molecule has 1 unspecified atom stereocenters. The fraction of sp³-hybridized carbons (Fsp3) is 0.368. The molecule has 1 aliphatic rings. The molecule has 8 heteroatoms. The molecule has 1 aliphatic carbocycles. The van der Waals surface area contributed by atoms with Gasteiger partial charge in [0.2, 0.25) is 0 Å². The van der Waals surface area contributed by atoms with Crippen LogP contribution >= 0.6 is 11.3 Å². The first-order chi connectivity index (χ1) is 12.8. The molecule has 0 radical (unpaired) electrons. The fourth-order valence-electron chi connectivity index (χ4n) is 3.16. The van der Waals surface area contributed by atoms with Gasteiger partial charge in [0.1, 0.15) is 11.6 Å². The molecule has 0 fully saturated rings. The number of nitrogens with zero attached hydrogens (tertiary/aromatic N) is 2. The van der Waals surface area contributed by atoms with Crippen LogP contribution in [0.1, 0.15) is 43.7 Å². The van der Waals surface area contributed by atoms with Crippen molar-refractivity contribution < 1.29 is 13.2 Å². The van der Waals surface area contributed by atoms with E-state index in [1.807, 2.05) is 6.08 Å². The highest BCUT2D eigenvalue weighted by Gasteiger charge is 2.36. The molecule has 0 saturated carbocycles. The number of halogens is 3. The Morgan fingerprint density at radius 1 is 1.44 bits per heavy atom. The number of hydrogen-bond acceptors (Lipinski definition) is 4. The molecule has 0 spiro atoms. The summed E-state index contributed by atoms with van der Waals surface area (Å²) in [5.41, 5.74) is 0.731. The predicted octanol–water partition coefficient (Wildman–Crippen LogP) is 5.10. The number of nitriles is 1. The second-order valence-corrected chi connectivity index (χ2v) is 7.38. The molecule has 0 bridgehead atoms. The van der Waals surface area contributed by atoms with Gasteiger partial charge in [-0.15, -0.1) is 11.3 Å². The third-order valence-corrected chi connectivity index (χ3v) is 5.64. The van der Waals surface area contributed by atoms with Crippen LogP contribution in [0, 0.1) is 17.2 Å². The molecule has 3 rings (SSSR count). The highest BCUT2D eigenvalue weighted by atomic mass is 32.1. The van der Waals surface area contributed by atoms with Gasteiger partial charge in [0.25, 0.3) is 5.56 Å². The Kier molecular flexibility index (Phi) is 5.42. The van der Waals surface area contributed by atoms with Gasteiger partial charge in [0.05, 0.1) is 16.1 Å². The molecule has 0 amide bonds. The minimum atomic E-state index is -4.78. The monoisotopic (exact) mass is 393 g/mol. The van der Waals surface area contributed by atoms with Gasteiger partial charge in [-0.25, -0.2) is 4.68 Å². The Morgan fingerprint density at radius 3 is 2.74 bits per heavy atom. The molecule has 0 saturated heterocycles. The van der Waals surface area contributed by atoms with Gasteiger partial charge >= 0.3 is 6.18 Å². The third kappa shape index (κ3) is 3.93. The lowest BCUT2D eigenvalue weighted by Gasteiger charge is -2.24. The van der Waals surface area contributed by atoms with Crippen molar-refractivity contribution >= 4 is 11.3 Å². The Balaban J connectivity index is 2.14. The molecular formula is C19H18F3N3OS. The van der Waals surface area contributed by atoms with E-state index in [1.54, 1.807) is 17.5 Å². The minimum absolute atomic E-state index is 0.0971. The first-order valence-electron chi connectivity index (χ1n) is 8.62. The van der Waals surface area contributed by atoms with Crippen LogP contribution in [0.5, 0.6) is 0 Å². The van der Waals surface area contributed by atoms with Gasteiger partial charge in [-0.1, -0.05) is 25.5 Å². The summed E-state index contributed by atoms with van der Waals surface area (Å²) in [5, 5.41) is 10.9. The lowest BCUT2D eigenvalue weighted by atomic mass is 9.91. The highest BCUT2D eigenvalue weighted by molar-refractivity contribution is 7.13. The number of rotatable bonds is 4. The Morgan fingerprint density at radius 2 is 2.22 bits per heavy atom. The molecule has 2 aromatic heterocycles. The van der Waals surface area contributed by atoms with Crippen molar-refractivity contribution in [2.45, 2.75) is 38.8 Å². The Bertz CT molecular complexity index is 952. The van der Waals surface area contributed by atoms with Gasteiger partial charge < -0.3 is 0 Å². The molecule has 142 valence electrons. The van der Waals surface area contributed by atoms with Gasteiger partial charge in [0.15, 0.2) is 0 Å². The molecule has 2 aromatic rings. The van der Waals surface area contributed by atoms with Crippen LogP contribution in [0.3, 0.4) is 0 Å². The van der Waals surface area contributed by atoms with Crippen LogP contribution in [0.4, 0.5) is 13.2 Å². The molecule has 0 aromatic carbocycles. The second kappa shape index (κ2) is 7.61. The van der Waals surface area contributed by atoms with Crippen LogP contribution in [-0.4, -0.2) is 4.68 Å². The van der Waals surface area contributed by atoms with E-state index in [-0.39, 0.29) is 5.69 Å². The van der Waals surface area contributed by atoms with Crippen molar-refractivity contribution in [2.75, 3.05) is 5.43 Å². The van der Waals surface area contributed by atoms with Crippen LogP contribution in [0.15, 0.2) is 40.1 Å². The molecule has 1 atom stereocenters. The Hall–Kier alpha value is -2.53. The van der Waals surface area contributed by atoms with E-state index in [9.17, 15) is 23.2 Å². The maximum Gasteiger partial charge on any atom is 0.417 e. The van der Waals surface area contributed by atoms with Crippen molar-refractivity contribution in [1.82, 2.24) is 4.68 Å². The molecule has 0 aliphatic heterocycles. The van der Waals surface area contributed by atoms with Gasteiger partial charge in [-0.2, -0.15) is 18.4 Å². The van der Waals surface area contributed by atoms with E-state index in [0.717, 1.165) is 35.7 Å². The van der Waals surface area contributed by atoms with Crippen molar-refractivity contribution in [1.29, 1.82) is 5.26 Å². The molecule has 1 N–H and O–H groups in total. The maximum atomic E-state index is 13.4. The summed E-state index contributed by atoms with van der Waals surface area (Å²) in [5.74, 6) is 0.575. The average molecular weight is 393 g/mol. The zero-order valence-electron chi connectivity index (χ0n) is 14.6. The van der Waals surface area contributed by atoms with E-state index < -0.39 is 22.9 Å². The van der Waals surface area contributed by atoms with Crippen molar-refractivity contribution in [3.63, 3.8) is 0 Å². The number of nitrogens with one attached hydrogen (secondary N) is 1. The highest BCUT2D eigenvalue weighted by Crippen LogP contribution is 2.34. The summed E-state index contributed by atoms with van der Waals surface area (Å²) in [6.07, 6.45) is 0.762.